The van der Waals surface area contributed by atoms with Crippen molar-refractivity contribution in [2.75, 3.05) is 11.1 Å². The van der Waals surface area contributed by atoms with Gasteiger partial charge in [0.15, 0.2) is 5.16 Å². The van der Waals surface area contributed by atoms with Crippen LogP contribution < -0.4 is 5.32 Å². The number of carbonyl (C=O) groups excluding carboxylic acids is 1. The molecule has 0 aliphatic heterocycles. The normalized spacial score (nSPS) is 30.1. The molecule has 190 valence electrons. The topological polar surface area (TPSA) is 83.6 Å². The Morgan fingerprint density at radius 2 is 2.00 bits per heavy atom. The van der Waals surface area contributed by atoms with Crippen molar-refractivity contribution in [3.8, 4) is 6.07 Å². The van der Waals surface area contributed by atoms with Gasteiger partial charge in [-0.15, -0.1) is 28.1 Å². The number of amides is 1. The molecule has 36 heavy (non-hydrogen) atoms. The van der Waals surface area contributed by atoms with Gasteiger partial charge in [0.2, 0.25) is 5.91 Å². The molecule has 2 aromatic rings. The largest absolute Gasteiger partial charge is 0.316 e. The molecule has 2 heterocycles. The number of nitrogens with one attached hydrogen (secondary N) is 1. The first-order valence-corrected chi connectivity index (χ1v) is 15.3. The minimum Gasteiger partial charge on any atom is -0.316 e. The van der Waals surface area contributed by atoms with E-state index in [2.05, 4.69) is 39.7 Å². The summed E-state index contributed by atoms with van der Waals surface area (Å²) in [6.45, 7) is 6.87. The highest BCUT2D eigenvalue weighted by molar-refractivity contribution is 7.99. The highest BCUT2D eigenvalue weighted by atomic mass is 32.2. The lowest BCUT2D eigenvalue weighted by atomic mass is 9.49. The molecular formula is C28H35N5OS2. The number of thioether (sulfide) groups is 1. The Hall–Kier alpha value is -2.11. The third-order valence-electron chi connectivity index (χ3n) is 9.01. The van der Waals surface area contributed by atoms with Crippen LogP contribution in [-0.4, -0.2) is 26.4 Å². The summed E-state index contributed by atoms with van der Waals surface area (Å²) < 4.78 is 2.16. The monoisotopic (exact) mass is 521 g/mol. The SMILES string of the molecule is C=CCn1c(CC23CC4CC(CC(C4)C2)C3)nnc1SCC(=O)Nc1sc2c(c1C#N)CCC(C)C2. The van der Waals surface area contributed by atoms with Crippen molar-refractivity contribution < 1.29 is 4.79 Å². The first-order valence-electron chi connectivity index (χ1n) is 13.5. The van der Waals surface area contributed by atoms with Gasteiger partial charge in [-0.05, 0) is 92.4 Å². The smallest absolute Gasteiger partial charge is 0.235 e. The standard InChI is InChI=1S/C28H35N5OS2/c1-3-6-33-24(14-28-11-18-8-19(12-28)10-20(9-18)13-28)31-32-27(33)35-16-25(34)30-26-22(15-29)21-5-4-17(2)7-23(21)36-26/h3,17-20H,1,4-14,16H2,2H3,(H,30,34). The number of nitriles is 1. The van der Waals surface area contributed by atoms with E-state index in [4.69, 9.17) is 0 Å². The van der Waals surface area contributed by atoms with E-state index in [0.717, 1.165) is 60.0 Å². The lowest BCUT2D eigenvalue weighted by Crippen LogP contribution is -2.47. The van der Waals surface area contributed by atoms with Crippen LogP contribution in [0.25, 0.3) is 0 Å². The van der Waals surface area contributed by atoms with Gasteiger partial charge in [0.25, 0.3) is 0 Å². The Kier molecular flexibility index (Phi) is 6.49. The van der Waals surface area contributed by atoms with Crippen molar-refractivity contribution >= 4 is 34.0 Å². The van der Waals surface area contributed by atoms with Crippen LogP contribution >= 0.6 is 23.1 Å². The maximum atomic E-state index is 12.9. The number of thiophene rings is 1. The van der Waals surface area contributed by atoms with Crippen molar-refractivity contribution in [1.82, 2.24) is 14.8 Å². The zero-order chi connectivity index (χ0) is 24.9. The number of carbonyl (C=O) groups is 1. The molecule has 4 bridgehead atoms. The van der Waals surface area contributed by atoms with Crippen molar-refractivity contribution in [3.63, 3.8) is 0 Å². The Morgan fingerprint density at radius 3 is 2.67 bits per heavy atom. The molecule has 6 nitrogen and oxygen atoms in total. The minimum absolute atomic E-state index is 0.0982. The molecule has 2 aromatic heterocycles. The van der Waals surface area contributed by atoms with E-state index >= 15 is 0 Å². The molecule has 5 aliphatic rings. The summed E-state index contributed by atoms with van der Waals surface area (Å²) in [5.41, 5.74) is 2.19. The van der Waals surface area contributed by atoms with Crippen LogP contribution in [-0.2, 0) is 30.6 Å². The molecule has 1 amide bonds. The van der Waals surface area contributed by atoms with Gasteiger partial charge >= 0.3 is 0 Å². The Balaban J connectivity index is 1.13. The van der Waals surface area contributed by atoms with Crippen molar-refractivity contribution in [1.29, 1.82) is 5.26 Å². The van der Waals surface area contributed by atoms with Gasteiger partial charge in [0.05, 0.1) is 11.3 Å². The van der Waals surface area contributed by atoms with Crippen LogP contribution in [0.15, 0.2) is 17.8 Å². The van der Waals surface area contributed by atoms with E-state index in [1.54, 1.807) is 11.3 Å². The molecule has 0 spiro atoms. The van der Waals surface area contributed by atoms with Gasteiger partial charge in [-0.1, -0.05) is 24.8 Å². The van der Waals surface area contributed by atoms with Gasteiger partial charge in [-0.2, -0.15) is 5.26 Å². The maximum Gasteiger partial charge on any atom is 0.235 e. The zero-order valence-corrected chi connectivity index (χ0v) is 22.7. The number of allylic oxidation sites excluding steroid dienone is 1. The Bertz CT molecular complexity index is 1190. The van der Waals surface area contributed by atoms with Crippen LogP contribution in [0.1, 0.15) is 73.7 Å². The summed E-state index contributed by atoms with van der Waals surface area (Å²) in [7, 11) is 0. The number of hydrogen-bond acceptors (Lipinski definition) is 6. The molecular weight excluding hydrogens is 486 g/mol. The summed E-state index contributed by atoms with van der Waals surface area (Å²) in [6, 6.07) is 2.34. The first-order chi connectivity index (χ1) is 17.4. The number of aromatic nitrogens is 3. The predicted octanol–water partition coefficient (Wildman–Crippen LogP) is 6.01. The third kappa shape index (κ3) is 4.54. The van der Waals surface area contributed by atoms with E-state index in [-0.39, 0.29) is 11.7 Å². The minimum atomic E-state index is -0.0982. The predicted molar refractivity (Wildman–Crippen MR) is 144 cm³/mol. The van der Waals surface area contributed by atoms with Crippen molar-refractivity contribution in [2.45, 2.75) is 82.8 Å². The van der Waals surface area contributed by atoms with E-state index < -0.39 is 0 Å². The van der Waals surface area contributed by atoms with E-state index in [9.17, 15) is 10.1 Å². The second-order valence-electron chi connectivity index (χ2n) is 11.9. The molecule has 4 saturated carbocycles. The fourth-order valence-corrected chi connectivity index (χ4v) is 10.1. The first kappa shape index (κ1) is 24.2. The highest BCUT2D eigenvalue weighted by Crippen LogP contribution is 2.61. The van der Waals surface area contributed by atoms with Crippen LogP contribution in [0, 0.1) is 40.4 Å². The lowest BCUT2D eigenvalue weighted by molar-refractivity contribution is -0.113. The summed E-state index contributed by atoms with van der Waals surface area (Å²) in [4.78, 5) is 14.2. The van der Waals surface area contributed by atoms with Gasteiger partial charge in [-0.25, -0.2) is 0 Å². The highest BCUT2D eigenvalue weighted by Gasteiger charge is 2.51. The molecule has 4 fully saturated rings. The molecule has 0 saturated heterocycles. The van der Waals surface area contributed by atoms with Crippen LogP contribution in [0.4, 0.5) is 5.00 Å². The second kappa shape index (κ2) is 9.64. The van der Waals surface area contributed by atoms with E-state index in [0.29, 0.717) is 28.4 Å². The molecule has 0 aromatic carbocycles. The van der Waals surface area contributed by atoms with Gasteiger partial charge in [0, 0.05) is 17.8 Å². The second-order valence-corrected chi connectivity index (χ2v) is 13.9. The summed E-state index contributed by atoms with van der Waals surface area (Å²) in [5, 5.41) is 23.4. The quantitative estimate of drug-likeness (QED) is 0.340. The lowest BCUT2D eigenvalue weighted by Gasteiger charge is -2.56. The summed E-state index contributed by atoms with van der Waals surface area (Å²) in [5.74, 6) is 4.56. The third-order valence-corrected chi connectivity index (χ3v) is 11.1. The number of anilines is 1. The number of fused-ring (bicyclic) bond motifs is 1. The van der Waals surface area contributed by atoms with E-state index in [1.165, 1.54) is 55.2 Å². The van der Waals surface area contributed by atoms with Crippen LogP contribution in [0.2, 0.25) is 0 Å². The number of hydrogen-bond donors (Lipinski definition) is 1. The molecule has 1 atom stereocenters. The molecule has 8 heteroatoms. The Labute approximate surface area is 221 Å². The summed E-state index contributed by atoms with van der Waals surface area (Å²) >= 11 is 3.00. The van der Waals surface area contributed by atoms with Crippen molar-refractivity contribution in [2.24, 2.45) is 29.1 Å². The van der Waals surface area contributed by atoms with Crippen molar-refractivity contribution in [3.05, 3.63) is 34.5 Å². The molecule has 0 radical (unpaired) electrons. The molecule has 5 aliphatic carbocycles. The maximum absolute atomic E-state index is 12.9. The van der Waals surface area contributed by atoms with Crippen LogP contribution in [0.5, 0.6) is 0 Å². The fourth-order valence-electron chi connectivity index (χ4n) is 7.96. The molecule has 1 unspecified atom stereocenters. The fraction of sp³-hybridized carbons (Fsp3) is 0.643. The van der Waals surface area contributed by atoms with Crippen LogP contribution in [0.3, 0.4) is 0 Å². The Morgan fingerprint density at radius 1 is 1.28 bits per heavy atom. The van der Waals surface area contributed by atoms with E-state index in [1.807, 2.05) is 6.08 Å². The molecule has 7 rings (SSSR count). The van der Waals surface area contributed by atoms with Gasteiger partial charge < -0.3 is 9.88 Å². The molecule has 1 N–H and O–H groups in total. The van der Waals surface area contributed by atoms with Gasteiger partial charge in [-0.3, -0.25) is 4.79 Å². The summed E-state index contributed by atoms with van der Waals surface area (Å²) in [6.07, 6.45) is 14.3. The average molecular weight is 522 g/mol. The van der Waals surface area contributed by atoms with Gasteiger partial charge in [0.1, 0.15) is 16.9 Å². The number of nitrogens with zero attached hydrogens (tertiary/aromatic N) is 4. The average Bonchev–Trinajstić information content (AvgIpc) is 3.36. The zero-order valence-electron chi connectivity index (χ0n) is 21.1. The number of rotatable bonds is 8.